The molecule has 0 radical (unpaired) electrons. The molecular weight excluding hydrogens is 268 g/mol. The third kappa shape index (κ3) is 4.85. The number of ether oxygens (including phenoxy) is 1. The van der Waals surface area contributed by atoms with Gasteiger partial charge >= 0.3 is 0 Å². The fourth-order valence-electron chi connectivity index (χ4n) is 1.89. The van der Waals surface area contributed by atoms with Gasteiger partial charge in [0.15, 0.2) is 5.78 Å². The van der Waals surface area contributed by atoms with Crippen molar-refractivity contribution in [3.8, 4) is 0 Å². The second kappa shape index (κ2) is 6.24. The molecule has 21 heavy (non-hydrogen) atoms. The monoisotopic (exact) mass is 292 g/mol. The summed E-state index contributed by atoms with van der Waals surface area (Å²) in [5.41, 5.74) is 2.59. The third-order valence-electron chi connectivity index (χ3n) is 3.12. The van der Waals surface area contributed by atoms with Crippen LogP contribution in [0.4, 0.5) is 5.69 Å². The van der Waals surface area contributed by atoms with Crippen molar-refractivity contribution in [1.29, 1.82) is 0 Å². The minimum atomic E-state index is -0.318. The van der Waals surface area contributed by atoms with Crippen molar-refractivity contribution in [3.05, 3.63) is 23.5 Å². The highest BCUT2D eigenvalue weighted by Crippen LogP contribution is 2.35. The molecular formula is C16H24N2O3. The molecule has 1 aromatic rings. The van der Waals surface area contributed by atoms with Crippen molar-refractivity contribution in [2.75, 3.05) is 11.9 Å². The summed E-state index contributed by atoms with van der Waals surface area (Å²) < 4.78 is 4.55. The van der Waals surface area contributed by atoms with Gasteiger partial charge in [0.1, 0.15) is 11.3 Å². The predicted octanol–water partition coefficient (Wildman–Crippen LogP) is 2.95. The van der Waals surface area contributed by atoms with E-state index in [0.29, 0.717) is 12.2 Å². The van der Waals surface area contributed by atoms with Gasteiger partial charge in [-0.3, -0.25) is 14.6 Å². The maximum absolute atomic E-state index is 11.1. The molecule has 0 fully saturated rings. The quantitative estimate of drug-likeness (QED) is 0.670. The Hall–Kier alpha value is -1.91. The SMILES string of the molecule is CC(=O)c1cc2c(cn1)C(C)(C)CN2.CC(C)(C)OC=O. The Balaban J connectivity index is 0.000000270. The van der Waals surface area contributed by atoms with Gasteiger partial charge in [0.2, 0.25) is 0 Å². The van der Waals surface area contributed by atoms with Crippen molar-refractivity contribution in [1.82, 2.24) is 4.98 Å². The molecule has 1 aliphatic heterocycles. The van der Waals surface area contributed by atoms with Crippen LogP contribution in [0.3, 0.4) is 0 Å². The van der Waals surface area contributed by atoms with Crippen molar-refractivity contribution < 1.29 is 14.3 Å². The van der Waals surface area contributed by atoms with Gasteiger partial charge in [-0.25, -0.2) is 0 Å². The van der Waals surface area contributed by atoms with E-state index >= 15 is 0 Å². The molecule has 0 unspecified atom stereocenters. The Morgan fingerprint density at radius 3 is 2.48 bits per heavy atom. The number of carbonyl (C=O) groups excluding carboxylic acids is 2. The maximum Gasteiger partial charge on any atom is 0.293 e. The Morgan fingerprint density at radius 2 is 2.05 bits per heavy atom. The van der Waals surface area contributed by atoms with Gasteiger partial charge in [0.25, 0.3) is 6.47 Å². The van der Waals surface area contributed by atoms with Gasteiger partial charge in [-0.1, -0.05) is 13.8 Å². The van der Waals surface area contributed by atoms with E-state index in [0.717, 1.165) is 12.2 Å². The molecule has 1 aliphatic rings. The van der Waals surface area contributed by atoms with Gasteiger partial charge in [0, 0.05) is 36.3 Å². The molecule has 2 rings (SSSR count). The summed E-state index contributed by atoms with van der Waals surface area (Å²) in [6.45, 7) is 12.7. The van der Waals surface area contributed by atoms with Gasteiger partial charge in [-0.15, -0.1) is 0 Å². The lowest BCUT2D eigenvalue weighted by Crippen LogP contribution is -2.19. The molecule has 0 bridgehead atoms. The highest BCUT2D eigenvalue weighted by Gasteiger charge is 2.30. The lowest BCUT2D eigenvalue weighted by molar-refractivity contribution is -0.138. The summed E-state index contributed by atoms with van der Waals surface area (Å²) in [7, 11) is 0. The van der Waals surface area contributed by atoms with E-state index < -0.39 is 0 Å². The molecule has 0 aliphatic carbocycles. The van der Waals surface area contributed by atoms with Crippen LogP contribution in [0, 0.1) is 0 Å². The molecule has 116 valence electrons. The van der Waals surface area contributed by atoms with Crippen LogP contribution in [0.2, 0.25) is 0 Å². The van der Waals surface area contributed by atoms with E-state index in [-0.39, 0.29) is 16.8 Å². The summed E-state index contributed by atoms with van der Waals surface area (Å²) >= 11 is 0. The average molecular weight is 292 g/mol. The highest BCUT2D eigenvalue weighted by molar-refractivity contribution is 5.93. The number of nitrogens with one attached hydrogen (secondary N) is 1. The van der Waals surface area contributed by atoms with Crippen LogP contribution in [-0.4, -0.2) is 29.4 Å². The number of carbonyl (C=O) groups is 2. The normalized spacial score (nSPS) is 15.1. The summed E-state index contributed by atoms with van der Waals surface area (Å²) in [5.74, 6) is 0.0132. The van der Waals surface area contributed by atoms with Gasteiger partial charge in [0.05, 0.1) is 0 Å². The Morgan fingerprint density at radius 1 is 1.43 bits per heavy atom. The maximum atomic E-state index is 11.1. The van der Waals surface area contributed by atoms with Crippen molar-refractivity contribution >= 4 is 17.9 Å². The minimum absolute atomic E-state index is 0.0132. The lowest BCUT2D eigenvalue weighted by Gasteiger charge is -2.16. The molecule has 5 heteroatoms. The third-order valence-corrected chi connectivity index (χ3v) is 3.12. The van der Waals surface area contributed by atoms with Crippen molar-refractivity contribution in [3.63, 3.8) is 0 Å². The molecule has 0 saturated heterocycles. The average Bonchev–Trinajstić information content (AvgIpc) is 2.64. The molecule has 0 saturated carbocycles. The zero-order valence-electron chi connectivity index (χ0n) is 13.6. The number of anilines is 1. The van der Waals surface area contributed by atoms with E-state index in [9.17, 15) is 9.59 Å². The van der Waals surface area contributed by atoms with Crippen molar-refractivity contribution in [2.24, 2.45) is 0 Å². The van der Waals surface area contributed by atoms with E-state index in [4.69, 9.17) is 0 Å². The van der Waals surface area contributed by atoms with Crippen LogP contribution in [0.1, 0.15) is 57.6 Å². The summed E-state index contributed by atoms with van der Waals surface area (Å²) in [6.07, 6.45) is 1.81. The number of hydrogen-bond acceptors (Lipinski definition) is 5. The fourth-order valence-corrected chi connectivity index (χ4v) is 1.89. The number of nitrogens with zero attached hydrogens (tertiary/aromatic N) is 1. The number of Topliss-reactive ketones (excluding diaryl/α,β-unsaturated/α-hetero) is 1. The van der Waals surface area contributed by atoms with Crippen LogP contribution in [0.15, 0.2) is 12.3 Å². The molecule has 0 amide bonds. The number of ketones is 1. The van der Waals surface area contributed by atoms with Gasteiger partial charge < -0.3 is 10.1 Å². The minimum Gasteiger partial charge on any atom is -0.462 e. The Labute approximate surface area is 126 Å². The summed E-state index contributed by atoms with van der Waals surface area (Å²) in [6, 6.07) is 1.84. The lowest BCUT2D eigenvalue weighted by atomic mass is 9.88. The molecule has 0 aromatic carbocycles. The van der Waals surface area contributed by atoms with E-state index in [1.54, 1.807) is 0 Å². The molecule has 5 nitrogen and oxygen atoms in total. The number of pyridine rings is 1. The number of aromatic nitrogens is 1. The van der Waals surface area contributed by atoms with E-state index in [2.05, 4.69) is 28.9 Å². The van der Waals surface area contributed by atoms with Crippen LogP contribution in [-0.2, 0) is 14.9 Å². The zero-order chi connectivity index (χ0) is 16.3. The topological polar surface area (TPSA) is 68.3 Å². The largest absolute Gasteiger partial charge is 0.462 e. The molecule has 1 aromatic heterocycles. The van der Waals surface area contributed by atoms with Gasteiger partial charge in [-0.2, -0.15) is 0 Å². The number of fused-ring (bicyclic) bond motifs is 1. The molecule has 1 N–H and O–H groups in total. The standard InChI is InChI=1S/C11H14N2O.C5H10O2/c1-7(14)9-4-10-8(5-12-9)11(2,3)6-13-10;1-5(2,3)7-4-6/h4-5,13H,6H2,1-3H3;4H,1-3H3. The first-order valence-corrected chi connectivity index (χ1v) is 6.93. The first-order valence-electron chi connectivity index (χ1n) is 6.93. The molecule has 0 spiro atoms. The zero-order valence-corrected chi connectivity index (χ0v) is 13.6. The number of hydrogen-bond donors (Lipinski definition) is 1. The number of rotatable bonds is 2. The van der Waals surface area contributed by atoms with Crippen LogP contribution < -0.4 is 5.32 Å². The highest BCUT2D eigenvalue weighted by atomic mass is 16.5. The Bertz CT molecular complexity index is 531. The van der Waals surface area contributed by atoms with Crippen LogP contribution >= 0.6 is 0 Å². The van der Waals surface area contributed by atoms with Gasteiger partial charge in [-0.05, 0) is 26.8 Å². The van der Waals surface area contributed by atoms with E-state index in [1.165, 1.54) is 12.5 Å². The fraction of sp³-hybridized carbons (Fsp3) is 0.562. The predicted molar refractivity (Wildman–Crippen MR) is 82.7 cm³/mol. The second-order valence-electron chi connectivity index (χ2n) is 6.74. The first-order chi connectivity index (χ1) is 9.57. The molecule has 0 atom stereocenters. The summed E-state index contributed by atoms with van der Waals surface area (Å²) in [5, 5.41) is 3.29. The van der Waals surface area contributed by atoms with E-state index in [1.807, 2.05) is 33.0 Å². The second-order valence-corrected chi connectivity index (χ2v) is 6.74. The van der Waals surface area contributed by atoms with Crippen molar-refractivity contribution in [2.45, 2.75) is 52.6 Å². The van der Waals surface area contributed by atoms with Crippen LogP contribution in [0.5, 0.6) is 0 Å². The smallest absolute Gasteiger partial charge is 0.293 e. The first kappa shape index (κ1) is 17.1. The Kier molecular flexibility index (Phi) is 5.10. The summed E-state index contributed by atoms with van der Waals surface area (Å²) in [4.78, 5) is 24.9. The van der Waals surface area contributed by atoms with Crippen LogP contribution in [0.25, 0.3) is 0 Å². The molecule has 2 heterocycles.